The Morgan fingerprint density at radius 2 is 1.18 bits per heavy atom. The summed E-state index contributed by atoms with van der Waals surface area (Å²) in [5.41, 5.74) is -1.32. The molecule has 3 heterocycles. The Kier molecular flexibility index (Phi) is 5.30. The van der Waals surface area contributed by atoms with Crippen LogP contribution in [0.25, 0.3) is 21.9 Å². The largest absolute Gasteiger partial charge is 0.507 e. The second kappa shape index (κ2) is 8.17. The standard InChI is InChI=1S/C24H13Br2NO6/c25-12-1-3-16-14(9-12)21(28)19(23(30)32-16)18(11-5-7-27-8-6-11)20-22(29)15-10-13(26)2-4-17(15)33-24(20)31/h1-10,18,28-29H. The molecule has 0 saturated carbocycles. The summed E-state index contributed by atoms with van der Waals surface area (Å²) >= 11 is 6.69. The summed E-state index contributed by atoms with van der Waals surface area (Å²) in [4.78, 5) is 30.2. The normalized spacial score (nSPS) is 11.5. The quantitative estimate of drug-likeness (QED) is 0.279. The maximum atomic E-state index is 13.1. The molecule has 0 saturated heterocycles. The zero-order valence-electron chi connectivity index (χ0n) is 16.6. The van der Waals surface area contributed by atoms with E-state index in [9.17, 15) is 19.8 Å². The lowest BCUT2D eigenvalue weighted by Crippen LogP contribution is -2.21. The Hall–Kier alpha value is -3.43. The van der Waals surface area contributed by atoms with E-state index < -0.39 is 17.2 Å². The van der Waals surface area contributed by atoms with E-state index in [2.05, 4.69) is 36.8 Å². The van der Waals surface area contributed by atoms with E-state index in [-0.39, 0.29) is 44.6 Å². The fraction of sp³-hybridized carbons (Fsp3) is 0.0417. The van der Waals surface area contributed by atoms with Crippen LogP contribution in [-0.4, -0.2) is 15.2 Å². The molecular weight excluding hydrogens is 558 g/mol. The highest BCUT2D eigenvalue weighted by molar-refractivity contribution is 9.10. The molecule has 0 aliphatic carbocycles. The molecule has 0 aliphatic heterocycles. The molecule has 0 spiro atoms. The predicted octanol–water partition coefficient (Wildman–Crippen LogP) is 5.41. The highest BCUT2D eigenvalue weighted by Crippen LogP contribution is 2.42. The summed E-state index contributed by atoms with van der Waals surface area (Å²) < 4.78 is 12.2. The molecule has 5 rings (SSSR count). The van der Waals surface area contributed by atoms with Crippen molar-refractivity contribution in [3.05, 3.63) is 107 Å². The lowest BCUT2D eigenvalue weighted by atomic mass is 9.85. The number of pyridine rings is 1. The van der Waals surface area contributed by atoms with Gasteiger partial charge in [0.15, 0.2) is 0 Å². The molecule has 2 N–H and O–H groups in total. The van der Waals surface area contributed by atoms with Crippen molar-refractivity contribution in [1.82, 2.24) is 4.98 Å². The molecule has 0 atom stereocenters. The van der Waals surface area contributed by atoms with Gasteiger partial charge in [0.25, 0.3) is 0 Å². The number of aromatic nitrogens is 1. The van der Waals surface area contributed by atoms with Gasteiger partial charge >= 0.3 is 11.3 Å². The molecule has 0 radical (unpaired) electrons. The number of aromatic hydroxyl groups is 2. The number of rotatable bonds is 3. The lowest BCUT2D eigenvalue weighted by molar-refractivity contribution is 0.441. The van der Waals surface area contributed by atoms with Crippen molar-refractivity contribution in [2.24, 2.45) is 0 Å². The van der Waals surface area contributed by atoms with Crippen molar-refractivity contribution in [3.63, 3.8) is 0 Å². The molecule has 33 heavy (non-hydrogen) atoms. The van der Waals surface area contributed by atoms with E-state index in [1.807, 2.05) is 0 Å². The van der Waals surface area contributed by atoms with E-state index in [1.165, 1.54) is 12.4 Å². The fourth-order valence-corrected chi connectivity index (χ4v) is 4.61. The van der Waals surface area contributed by atoms with Gasteiger partial charge in [-0.3, -0.25) is 4.98 Å². The van der Waals surface area contributed by atoms with Crippen LogP contribution in [0.5, 0.6) is 11.5 Å². The Bertz CT molecular complexity index is 1550. The molecular formula is C24H13Br2NO6. The maximum Gasteiger partial charge on any atom is 0.344 e. The van der Waals surface area contributed by atoms with E-state index in [0.29, 0.717) is 14.5 Å². The van der Waals surface area contributed by atoms with Gasteiger partial charge < -0.3 is 19.0 Å². The minimum atomic E-state index is -1.19. The van der Waals surface area contributed by atoms with Gasteiger partial charge in [-0.15, -0.1) is 0 Å². The van der Waals surface area contributed by atoms with Gasteiger partial charge in [-0.05, 0) is 54.1 Å². The van der Waals surface area contributed by atoms with Crippen molar-refractivity contribution < 1.29 is 19.0 Å². The smallest absolute Gasteiger partial charge is 0.344 e. The van der Waals surface area contributed by atoms with E-state index in [0.717, 1.165) is 0 Å². The number of fused-ring (bicyclic) bond motifs is 2. The lowest BCUT2D eigenvalue weighted by Gasteiger charge is -2.19. The van der Waals surface area contributed by atoms with Crippen molar-refractivity contribution in [2.75, 3.05) is 0 Å². The summed E-state index contributed by atoms with van der Waals surface area (Å²) in [5, 5.41) is 22.9. The molecule has 0 aliphatic rings. The molecule has 0 fully saturated rings. The zero-order valence-corrected chi connectivity index (χ0v) is 19.8. The molecule has 0 unspecified atom stereocenters. The molecule has 0 amide bonds. The van der Waals surface area contributed by atoms with Crippen LogP contribution in [0.15, 0.2) is 88.3 Å². The van der Waals surface area contributed by atoms with Crippen LogP contribution >= 0.6 is 31.9 Å². The van der Waals surface area contributed by atoms with Crippen LogP contribution in [0.3, 0.4) is 0 Å². The molecule has 3 aromatic heterocycles. The second-order valence-electron chi connectivity index (χ2n) is 7.30. The van der Waals surface area contributed by atoms with Gasteiger partial charge in [-0.25, -0.2) is 9.59 Å². The molecule has 9 heteroatoms. The first-order valence-electron chi connectivity index (χ1n) is 9.65. The Balaban J connectivity index is 1.91. The molecule has 5 aromatic rings. The average molecular weight is 571 g/mol. The van der Waals surface area contributed by atoms with Gasteiger partial charge in [0.2, 0.25) is 0 Å². The Labute approximate surface area is 202 Å². The average Bonchev–Trinajstić information content (AvgIpc) is 2.80. The SMILES string of the molecule is O=c1oc2ccc(Br)cc2c(O)c1C(c1ccncc1)c1c(O)c2cc(Br)ccc2oc1=O. The highest BCUT2D eigenvalue weighted by atomic mass is 79.9. The van der Waals surface area contributed by atoms with E-state index in [1.54, 1.807) is 48.5 Å². The predicted molar refractivity (Wildman–Crippen MR) is 129 cm³/mol. The number of benzene rings is 2. The minimum absolute atomic E-state index is 0.177. The van der Waals surface area contributed by atoms with Crippen LogP contribution in [-0.2, 0) is 0 Å². The number of halogens is 2. The summed E-state index contributed by atoms with van der Waals surface area (Å²) in [7, 11) is 0. The minimum Gasteiger partial charge on any atom is -0.507 e. The van der Waals surface area contributed by atoms with Gasteiger partial charge in [0.1, 0.15) is 22.7 Å². The van der Waals surface area contributed by atoms with Gasteiger partial charge in [-0.2, -0.15) is 0 Å². The first-order valence-corrected chi connectivity index (χ1v) is 11.2. The summed E-state index contributed by atoms with van der Waals surface area (Å²) in [6.45, 7) is 0. The third-order valence-corrected chi connectivity index (χ3v) is 6.35. The topological polar surface area (TPSA) is 114 Å². The highest BCUT2D eigenvalue weighted by Gasteiger charge is 2.32. The van der Waals surface area contributed by atoms with Crippen LogP contribution in [0.2, 0.25) is 0 Å². The van der Waals surface area contributed by atoms with Crippen LogP contribution in [0, 0.1) is 0 Å². The van der Waals surface area contributed by atoms with Gasteiger partial charge in [0.05, 0.1) is 27.8 Å². The monoisotopic (exact) mass is 569 g/mol. The second-order valence-corrected chi connectivity index (χ2v) is 9.13. The number of hydrogen-bond donors (Lipinski definition) is 2. The van der Waals surface area contributed by atoms with Crippen molar-refractivity contribution in [1.29, 1.82) is 0 Å². The first kappa shape index (κ1) is 21.4. The third-order valence-electron chi connectivity index (χ3n) is 5.37. The maximum absolute atomic E-state index is 13.1. The van der Waals surface area contributed by atoms with Crippen molar-refractivity contribution >= 4 is 53.8 Å². The van der Waals surface area contributed by atoms with Crippen molar-refractivity contribution in [2.45, 2.75) is 5.92 Å². The molecule has 7 nitrogen and oxygen atoms in total. The van der Waals surface area contributed by atoms with E-state index >= 15 is 0 Å². The summed E-state index contributed by atoms with van der Waals surface area (Å²) in [6.07, 6.45) is 2.96. The van der Waals surface area contributed by atoms with E-state index in [4.69, 9.17) is 8.83 Å². The number of nitrogens with zero attached hydrogens (tertiary/aromatic N) is 1. The molecule has 164 valence electrons. The summed E-state index contributed by atoms with van der Waals surface area (Å²) in [6, 6.07) is 12.8. The van der Waals surface area contributed by atoms with Crippen LogP contribution < -0.4 is 11.3 Å². The van der Waals surface area contributed by atoms with Crippen molar-refractivity contribution in [3.8, 4) is 11.5 Å². The fourth-order valence-electron chi connectivity index (χ4n) is 3.89. The van der Waals surface area contributed by atoms with Crippen LogP contribution in [0.1, 0.15) is 22.6 Å². The summed E-state index contributed by atoms with van der Waals surface area (Å²) in [5.74, 6) is -1.91. The molecule has 0 bridgehead atoms. The Morgan fingerprint density at radius 3 is 1.64 bits per heavy atom. The Morgan fingerprint density at radius 1 is 0.727 bits per heavy atom. The van der Waals surface area contributed by atoms with Crippen LogP contribution in [0.4, 0.5) is 0 Å². The van der Waals surface area contributed by atoms with Gasteiger partial charge in [0, 0.05) is 21.3 Å². The molecule has 2 aromatic carbocycles. The first-order chi connectivity index (χ1) is 15.8. The third kappa shape index (κ3) is 3.63. The van der Waals surface area contributed by atoms with Gasteiger partial charge in [-0.1, -0.05) is 31.9 Å². The number of hydrogen-bond acceptors (Lipinski definition) is 7. The zero-order chi connectivity index (χ0) is 23.3.